The van der Waals surface area contributed by atoms with E-state index in [0.29, 0.717) is 18.5 Å². The maximum Gasteiger partial charge on any atom is 0.433 e. The normalized spacial score (nSPS) is 21.7. The van der Waals surface area contributed by atoms with Crippen molar-refractivity contribution in [2.45, 2.75) is 25.6 Å². The summed E-state index contributed by atoms with van der Waals surface area (Å²) in [5, 5.41) is 0. The molecule has 1 fully saturated rings. The van der Waals surface area contributed by atoms with Crippen molar-refractivity contribution < 1.29 is 17.6 Å². The maximum absolute atomic E-state index is 14.1. The topological polar surface area (TPSA) is 29.0 Å². The van der Waals surface area contributed by atoms with Crippen molar-refractivity contribution in [1.29, 1.82) is 0 Å². The molecule has 0 amide bonds. The van der Waals surface area contributed by atoms with E-state index >= 15 is 0 Å². The summed E-state index contributed by atoms with van der Waals surface area (Å²) in [6.07, 6.45) is -2.80. The van der Waals surface area contributed by atoms with Crippen molar-refractivity contribution in [3.05, 3.63) is 53.6 Å². The minimum Gasteiger partial charge on any atom is -0.333 e. The zero-order chi connectivity index (χ0) is 16.6. The Balaban J connectivity index is 1.99. The molecule has 0 radical (unpaired) electrons. The fourth-order valence-electron chi connectivity index (χ4n) is 2.95. The van der Waals surface area contributed by atoms with Crippen LogP contribution in [-0.2, 0) is 6.18 Å². The number of halogens is 4. The molecule has 2 atom stereocenters. The summed E-state index contributed by atoms with van der Waals surface area (Å²) in [5.41, 5.74) is -0.535. The molecule has 2 aromatic rings. The molecule has 0 spiro atoms. The second kappa shape index (κ2) is 5.79. The fourth-order valence-corrected chi connectivity index (χ4v) is 2.95. The van der Waals surface area contributed by atoms with Gasteiger partial charge in [-0.3, -0.25) is 0 Å². The molecule has 2 unspecified atom stereocenters. The van der Waals surface area contributed by atoms with Gasteiger partial charge in [0.15, 0.2) is 0 Å². The van der Waals surface area contributed by atoms with Crippen LogP contribution in [0.2, 0.25) is 0 Å². The molecular formula is C16H15F4N3. The van der Waals surface area contributed by atoms with Crippen LogP contribution in [0, 0.1) is 11.7 Å². The highest BCUT2D eigenvalue weighted by atomic mass is 19.4. The standard InChI is InChI=1S/C16H15F4N3/c1-10-8-13(11-4-2-3-5-12(11)17)23(9-10)15-21-7-6-14(22-15)16(18,19)20/h2-7,10,13H,8-9H2,1H3. The van der Waals surface area contributed by atoms with Crippen LogP contribution >= 0.6 is 0 Å². The summed E-state index contributed by atoms with van der Waals surface area (Å²) in [5.74, 6) is -0.182. The Hall–Kier alpha value is -2.18. The number of alkyl halides is 3. The Morgan fingerprint density at radius 1 is 1.17 bits per heavy atom. The van der Waals surface area contributed by atoms with Gasteiger partial charge in [-0.2, -0.15) is 13.2 Å². The SMILES string of the molecule is CC1CC(c2ccccc2F)N(c2nccc(C(F)(F)F)n2)C1. The van der Waals surface area contributed by atoms with E-state index in [9.17, 15) is 17.6 Å². The summed E-state index contributed by atoms with van der Waals surface area (Å²) < 4.78 is 52.6. The van der Waals surface area contributed by atoms with Gasteiger partial charge in [0.1, 0.15) is 11.5 Å². The molecule has 0 bridgehead atoms. The summed E-state index contributed by atoms with van der Waals surface area (Å²) in [7, 11) is 0. The summed E-state index contributed by atoms with van der Waals surface area (Å²) >= 11 is 0. The molecule has 1 saturated heterocycles. The Morgan fingerprint density at radius 3 is 2.61 bits per heavy atom. The number of rotatable bonds is 2. The Bertz CT molecular complexity index is 702. The molecule has 1 aromatic heterocycles. The molecule has 1 aliphatic rings. The van der Waals surface area contributed by atoms with Crippen molar-refractivity contribution in [2.24, 2.45) is 5.92 Å². The van der Waals surface area contributed by atoms with Crippen molar-refractivity contribution in [2.75, 3.05) is 11.4 Å². The second-order valence-electron chi connectivity index (χ2n) is 5.77. The van der Waals surface area contributed by atoms with Crippen LogP contribution in [0.5, 0.6) is 0 Å². The first kappa shape index (κ1) is 15.7. The number of aromatic nitrogens is 2. The third kappa shape index (κ3) is 3.13. The first-order valence-corrected chi connectivity index (χ1v) is 7.27. The van der Waals surface area contributed by atoms with Crippen LogP contribution in [0.3, 0.4) is 0 Å². The van der Waals surface area contributed by atoms with E-state index in [0.717, 1.165) is 12.3 Å². The van der Waals surface area contributed by atoms with Gasteiger partial charge in [0.25, 0.3) is 0 Å². The lowest BCUT2D eigenvalue weighted by atomic mass is 10.0. The van der Waals surface area contributed by atoms with Gasteiger partial charge < -0.3 is 4.90 Å². The van der Waals surface area contributed by atoms with Crippen LogP contribution in [-0.4, -0.2) is 16.5 Å². The van der Waals surface area contributed by atoms with E-state index in [4.69, 9.17) is 0 Å². The van der Waals surface area contributed by atoms with Crippen LogP contribution in [0.1, 0.15) is 30.6 Å². The van der Waals surface area contributed by atoms with Crippen molar-refractivity contribution in [1.82, 2.24) is 9.97 Å². The fraction of sp³-hybridized carbons (Fsp3) is 0.375. The predicted molar refractivity (Wildman–Crippen MR) is 77.3 cm³/mol. The quantitative estimate of drug-likeness (QED) is 0.774. The Kier molecular flexibility index (Phi) is 3.95. The first-order chi connectivity index (χ1) is 10.9. The average Bonchev–Trinajstić information content (AvgIpc) is 2.89. The van der Waals surface area contributed by atoms with Gasteiger partial charge in [0, 0.05) is 18.3 Å². The lowest BCUT2D eigenvalue weighted by Gasteiger charge is -2.25. The minimum atomic E-state index is -4.53. The zero-order valence-corrected chi connectivity index (χ0v) is 12.4. The summed E-state index contributed by atoms with van der Waals surface area (Å²) in [6, 6.07) is 6.77. The molecule has 1 aliphatic heterocycles. The molecule has 1 aromatic carbocycles. The molecule has 0 N–H and O–H groups in total. The third-order valence-corrected chi connectivity index (χ3v) is 3.96. The highest BCUT2D eigenvalue weighted by Crippen LogP contribution is 2.39. The molecular weight excluding hydrogens is 310 g/mol. The van der Waals surface area contributed by atoms with Crippen LogP contribution in [0.25, 0.3) is 0 Å². The van der Waals surface area contributed by atoms with Crippen molar-refractivity contribution in [3.63, 3.8) is 0 Å². The van der Waals surface area contributed by atoms with Gasteiger partial charge >= 0.3 is 6.18 Å². The Labute approximate surface area is 131 Å². The summed E-state index contributed by atoms with van der Waals surface area (Å²) in [4.78, 5) is 9.25. The average molecular weight is 325 g/mol. The molecule has 2 heterocycles. The molecule has 23 heavy (non-hydrogen) atoms. The monoisotopic (exact) mass is 325 g/mol. The number of nitrogens with zero attached hydrogens (tertiary/aromatic N) is 3. The van der Waals surface area contributed by atoms with E-state index < -0.39 is 11.9 Å². The van der Waals surface area contributed by atoms with Gasteiger partial charge in [0.2, 0.25) is 5.95 Å². The maximum atomic E-state index is 14.1. The lowest BCUT2D eigenvalue weighted by molar-refractivity contribution is -0.141. The van der Waals surface area contributed by atoms with Crippen LogP contribution in [0.15, 0.2) is 36.5 Å². The molecule has 7 heteroatoms. The van der Waals surface area contributed by atoms with E-state index in [1.807, 2.05) is 6.92 Å². The van der Waals surface area contributed by atoms with E-state index in [2.05, 4.69) is 9.97 Å². The minimum absolute atomic E-state index is 0.0163. The number of benzene rings is 1. The molecule has 3 rings (SSSR count). The molecule has 0 aliphatic carbocycles. The third-order valence-electron chi connectivity index (χ3n) is 3.96. The van der Waals surface area contributed by atoms with Crippen molar-refractivity contribution >= 4 is 5.95 Å². The largest absolute Gasteiger partial charge is 0.433 e. The second-order valence-corrected chi connectivity index (χ2v) is 5.77. The number of anilines is 1. The van der Waals surface area contributed by atoms with E-state index in [1.54, 1.807) is 23.1 Å². The van der Waals surface area contributed by atoms with E-state index in [-0.39, 0.29) is 23.7 Å². The molecule has 3 nitrogen and oxygen atoms in total. The molecule has 0 saturated carbocycles. The predicted octanol–water partition coefficient (Wildman–Crippen LogP) is 4.22. The van der Waals surface area contributed by atoms with E-state index in [1.165, 1.54) is 6.07 Å². The van der Waals surface area contributed by atoms with Gasteiger partial charge in [-0.25, -0.2) is 14.4 Å². The molecule has 122 valence electrons. The highest BCUT2D eigenvalue weighted by molar-refractivity contribution is 5.40. The zero-order valence-electron chi connectivity index (χ0n) is 12.4. The lowest BCUT2D eigenvalue weighted by Crippen LogP contribution is -2.26. The van der Waals surface area contributed by atoms with Gasteiger partial charge in [-0.05, 0) is 24.5 Å². The van der Waals surface area contributed by atoms with Gasteiger partial charge in [-0.1, -0.05) is 25.1 Å². The van der Waals surface area contributed by atoms with Gasteiger partial charge in [-0.15, -0.1) is 0 Å². The Morgan fingerprint density at radius 2 is 1.91 bits per heavy atom. The first-order valence-electron chi connectivity index (χ1n) is 7.27. The number of hydrogen-bond donors (Lipinski definition) is 0. The summed E-state index contributed by atoms with van der Waals surface area (Å²) in [6.45, 7) is 2.46. The number of hydrogen-bond acceptors (Lipinski definition) is 3. The van der Waals surface area contributed by atoms with Gasteiger partial charge in [0.05, 0.1) is 6.04 Å². The van der Waals surface area contributed by atoms with Crippen LogP contribution in [0.4, 0.5) is 23.5 Å². The smallest absolute Gasteiger partial charge is 0.333 e. The van der Waals surface area contributed by atoms with Crippen LogP contribution < -0.4 is 4.90 Å². The van der Waals surface area contributed by atoms with Crippen molar-refractivity contribution in [3.8, 4) is 0 Å². The highest BCUT2D eigenvalue weighted by Gasteiger charge is 2.37.